The third-order valence-electron chi connectivity index (χ3n) is 5.09. The number of aliphatic hydroxyl groups excluding tert-OH is 1. The zero-order chi connectivity index (χ0) is 17.7. The number of likely N-dealkylation sites (tertiary alicyclic amines) is 1. The van der Waals surface area contributed by atoms with Crippen LogP contribution in [0.15, 0.2) is 12.4 Å². The van der Waals surface area contributed by atoms with E-state index in [0.29, 0.717) is 5.92 Å². The van der Waals surface area contributed by atoms with Gasteiger partial charge in [0.15, 0.2) is 0 Å². The second-order valence-corrected chi connectivity index (χ2v) is 7.36. The fourth-order valence-electron chi connectivity index (χ4n) is 3.29. The first-order valence-corrected chi connectivity index (χ1v) is 9.07. The summed E-state index contributed by atoms with van der Waals surface area (Å²) >= 11 is 0. The standard InChI is InChI=1S/C18H32N4O2/c1-13(2)5-8-20-18(24)14(3)22-10-6-15(7-11-22)16(23)17-19-9-12-21(17)4/h9,12-16,23H,5-8,10-11H2,1-4H3,(H,20,24). The molecule has 2 unspecified atom stereocenters. The Morgan fingerprint density at radius 3 is 2.58 bits per heavy atom. The number of rotatable bonds is 7. The van der Waals surface area contributed by atoms with Gasteiger partial charge in [0.1, 0.15) is 11.9 Å². The largest absolute Gasteiger partial charge is 0.385 e. The Kier molecular flexibility index (Phi) is 6.80. The molecule has 1 aromatic heterocycles. The lowest BCUT2D eigenvalue weighted by Crippen LogP contribution is -2.49. The minimum atomic E-state index is -0.526. The highest BCUT2D eigenvalue weighted by Crippen LogP contribution is 2.30. The normalized spacial score (nSPS) is 19.4. The summed E-state index contributed by atoms with van der Waals surface area (Å²) in [5.74, 6) is 1.65. The number of nitrogens with one attached hydrogen (secondary N) is 1. The average molecular weight is 336 g/mol. The Balaban J connectivity index is 1.79. The summed E-state index contributed by atoms with van der Waals surface area (Å²) in [6, 6.07) is -0.108. The van der Waals surface area contributed by atoms with Crippen molar-refractivity contribution in [3.63, 3.8) is 0 Å². The number of aliphatic hydroxyl groups is 1. The van der Waals surface area contributed by atoms with E-state index in [0.717, 1.165) is 44.7 Å². The molecule has 2 atom stereocenters. The third kappa shape index (κ3) is 4.80. The van der Waals surface area contributed by atoms with Gasteiger partial charge in [-0.3, -0.25) is 9.69 Å². The highest BCUT2D eigenvalue weighted by atomic mass is 16.3. The topological polar surface area (TPSA) is 70.4 Å². The van der Waals surface area contributed by atoms with E-state index in [-0.39, 0.29) is 17.9 Å². The van der Waals surface area contributed by atoms with Crippen molar-refractivity contribution < 1.29 is 9.90 Å². The van der Waals surface area contributed by atoms with Crippen molar-refractivity contribution in [3.8, 4) is 0 Å². The molecule has 2 rings (SSSR count). The average Bonchev–Trinajstić information content (AvgIpc) is 2.99. The van der Waals surface area contributed by atoms with Crippen molar-refractivity contribution in [3.05, 3.63) is 18.2 Å². The van der Waals surface area contributed by atoms with E-state index in [2.05, 4.69) is 29.0 Å². The molecule has 0 aromatic carbocycles. The van der Waals surface area contributed by atoms with Crippen LogP contribution in [0.3, 0.4) is 0 Å². The SMILES string of the molecule is CC(C)CCNC(=O)C(C)N1CCC(C(O)c2nccn2C)CC1. The highest BCUT2D eigenvalue weighted by Gasteiger charge is 2.31. The Morgan fingerprint density at radius 1 is 1.38 bits per heavy atom. The van der Waals surface area contributed by atoms with Crippen LogP contribution >= 0.6 is 0 Å². The monoisotopic (exact) mass is 336 g/mol. The fraction of sp³-hybridized carbons (Fsp3) is 0.778. The van der Waals surface area contributed by atoms with Gasteiger partial charge in [0.25, 0.3) is 0 Å². The number of aromatic nitrogens is 2. The Morgan fingerprint density at radius 2 is 2.04 bits per heavy atom. The summed E-state index contributed by atoms with van der Waals surface area (Å²) in [5.41, 5.74) is 0. The first-order chi connectivity index (χ1) is 11.4. The summed E-state index contributed by atoms with van der Waals surface area (Å²) in [6.45, 7) is 8.71. The molecule has 1 aromatic rings. The Hall–Kier alpha value is -1.40. The van der Waals surface area contributed by atoms with Gasteiger partial charge in [-0.25, -0.2) is 4.98 Å². The zero-order valence-corrected chi connectivity index (χ0v) is 15.4. The van der Waals surface area contributed by atoms with Crippen LogP contribution in [-0.2, 0) is 11.8 Å². The number of nitrogens with zero attached hydrogens (tertiary/aromatic N) is 3. The van der Waals surface area contributed by atoms with E-state index in [4.69, 9.17) is 0 Å². The molecule has 0 aliphatic carbocycles. The maximum Gasteiger partial charge on any atom is 0.237 e. The van der Waals surface area contributed by atoms with Crippen molar-refractivity contribution in [2.24, 2.45) is 18.9 Å². The molecule has 1 fully saturated rings. The minimum absolute atomic E-state index is 0.108. The van der Waals surface area contributed by atoms with Crippen LogP contribution in [-0.4, -0.2) is 51.1 Å². The van der Waals surface area contributed by atoms with Crippen LogP contribution in [0.2, 0.25) is 0 Å². The molecule has 136 valence electrons. The van der Waals surface area contributed by atoms with Gasteiger partial charge in [-0.2, -0.15) is 0 Å². The van der Waals surface area contributed by atoms with Crippen molar-refractivity contribution >= 4 is 5.91 Å². The van der Waals surface area contributed by atoms with Gasteiger partial charge in [0.05, 0.1) is 6.04 Å². The lowest BCUT2D eigenvalue weighted by atomic mass is 9.90. The van der Waals surface area contributed by atoms with Crippen molar-refractivity contribution in [1.82, 2.24) is 19.8 Å². The van der Waals surface area contributed by atoms with Gasteiger partial charge in [-0.05, 0) is 51.1 Å². The predicted octanol–water partition coefficient (Wildman–Crippen LogP) is 1.72. The van der Waals surface area contributed by atoms with E-state index >= 15 is 0 Å². The molecular weight excluding hydrogens is 304 g/mol. The van der Waals surface area contributed by atoms with Gasteiger partial charge >= 0.3 is 0 Å². The number of piperidine rings is 1. The summed E-state index contributed by atoms with van der Waals surface area (Å²) in [6.07, 6.45) is 5.84. The molecule has 1 amide bonds. The van der Waals surface area contributed by atoms with Crippen LogP contribution in [0.5, 0.6) is 0 Å². The smallest absolute Gasteiger partial charge is 0.237 e. The van der Waals surface area contributed by atoms with E-state index < -0.39 is 6.10 Å². The molecule has 24 heavy (non-hydrogen) atoms. The lowest BCUT2D eigenvalue weighted by molar-refractivity contribution is -0.126. The first-order valence-electron chi connectivity index (χ1n) is 9.07. The molecule has 0 saturated carbocycles. The number of hydrogen-bond donors (Lipinski definition) is 2. The molecule has 2 heterocycles. The number of amides is 1. The number of carbonyl (C=O) groups is 1. The zero-order valence-electron chi connectivity index (χ0n) is 15.4. The fourth-order valence-corrected chi connectivity index (χ4v) is 3.29. The highest BCUT2D eigenvalue weighted by molar-refractivity contribution is 5.81. The second kappa shape index (κ2) is 8.62. The van der Waals surface area contributed by atoms with E-state index in [1.54, 1.807) is 6.20 Å². The van der Waals surface area contributed by atoms with Crippen LogP contribution in [0, 0.1) is 11.8 Å². The maximum atomic E-state index is 12.3. The summed E-state index contributed by atoms with van der Waals surface area (Å²) in [4.78, 5) is 18.7. The van der Waals surface area contributed by atoms with Gasteiger partial charge < -0.3 is 15.0 Å². The summed E-state index contributed by atoms with van der Waals surface area (Å²) in [5, 5.41) is 13.6. The van der Waals surface area contributed by atoms with Crippen LogP contribution in [0.1, 0.15) is 52.0 Å². The Bertz CT molecular complexity index is 521. The number of imidazole rings is 1. The molecule has 6 nitrogen and oxygen atoms in total. The molecule has 1 saturated heterocycles. The predicted molar refractivity (Wildman–Crippen MR) is 94.4 cm³/mol. The summed E-state index contributed by atoms with van der Waals surface area (Å²) in [7, 11) is 1.91. The van der Waals surface area contributed by atoms with E-state index in [9.17, 15) is 9.90 Å². The van der Waals surface area contributed by atoms with Gasteiger partial charge in [0, 0.05) is 26.0 Å². The van der Waals surface area contributed by atoms with Crippen molar-refractivity contribution in [2.45, 2.75) is 52.2 Å². The molecule has 0 bridgehead atoms. The van der Waals surface area contributed by atoms with E-state index in [1.165, 1.54) is 0 Å². The number of hydrogen-bond acceptors (Lipinski definition) is 4. The molecular formula is C18H32N4O2. The van der Waals surface area contributed by atoms with Crippen molar-refractivity contribution in [1.29, 1.82) is 0 Å². The van der Waals surface area contributed by atoms with Gasteiger partial charge in [-0.1, -0.05) is 13.8 Å². The quantitative estimate of drug-likeness (QED) is 0.795. The lowest BCUT2D eigenvalue weighted by Gasteiger charge is -2.36. The maximum absolute atomic E-state index is 12.3. The number of aryl methyl sites for hydroxylation is 1. The molecule has 0 spiro atoms. The van der Waals surface area contributed by atoms with Crippen LogP contribution < -0.4 is 5.32 Å². The molecule has 1 aliphatic rings. The van der Waals surface area contributed by atoms with Crippen LogP contribution in [0.4, 0.5) is 0 Å². The molecule has 0 radical (unpaired) electrons. The van der Waals surface area contributed by atoms with Gasteiger partial charge in [-0.15, -0.1) is 0 Å². The molecule has 1 aliphatic heterocycles. The second-order valence-electron chi connectivity index (χ2n) is 7.36. The number of carbonyl (C=O) groups excluding carboxylic acids is 1. The minimum Gasteiger partial charge on any atom is -0.385 e. The van der Waals surface area contributed by atoms with Crippen LogP contribution in [0.25, 0.3) is 0 Å². The first kappa shape index (κ1) is 18.9. The molecule has 6 heteroatoms. The van der Waals surface area contributed by atoms with Crippen molar-refractivity contribution in [2.75, 3.05) is 19.6 Å². The summed E-state index contributed by atoms with van der Waals surface area (Å²) < 4.78 is 1.88. The third-order valence-corrected chi connectivity index (χ3v) is 5.09. The Labute approximate surface area is 145 Å². The van der Waals surface area contributed by atoms with Gasteiger partial charge in [0.2, 0.25) is 5.91 Å². The van der Waals surface area contributed by atoms with E-state index in [1.807, 2.05) is 24.7 Å². The molecule has 2 N–H and O–H groups in total.